The molecule has 2 rings (SSSR count). The van der Waals surface area contributed by atoms with Gasteiger partial charge in [-0.05, 0) is 36.4 Å². The van der Waals surface area contributed by atoms with E-state index in [0.29, 0.717) is 5.69 Å². The lowest BCUT2D eigenvalue weighted by molar-refractivity contribution is 0.102. The Morgan fingerprint density at radius 2 is 1.67 bits per heavy atom. The van der Waals surface area contributed by atoms with Gasteiger partial charge in [0.05, 0.1) is 15.6 Å². The Balaban J connectivity index is 2.43. The Labute approximate surface area is 149 Å². The van der Waals surface area contributed by atoms with Crippen molar-refractivity contribution in [3.63, 3.8) is 0 Å². The maximum atomic E-state index is 12.9. The third-order valence-electron chi connectivity index (χ3n) is 3.13. The zero-order valence-corrected chi connectivity index (χ0v) is 15.0. The van der Waals surface area contributed by atoms with Gasteiger partial charge in [0, 0.05) is 19.8 Å². The summed E-state index contributed by atoms with van der Waals surface area (Å²) in [6, 6.07) is 7.41. The highest BCUT2D eigenvalue weighted by atomic mass is 35.5. The van der Waals surface area contributed by atoms with Crippen LogP contribution in [0.4, 0.5) is 10.1 Å². The molecule has 2 aromatic carbocycles. The largest absolute Gasteiger partial charge is 0.322 e. The van der Waals surface area contributed by atoms with Gasteiger partial charge in [-0.3, -0.25) is 4.79 Å². The van der Waals surface area contributed by atoms with Gasteiger partial charge in [-0.2, -0.15) is 0 Å². The molecular weight excluding hydrogens is 378 g/mol. The minimum atomic E-state index is -3.85. The molecule has 0 spiro atoms. The summed E-state index contributed by atoms with van der Waals surface area (Å²) < 4.78 is 38.4. The summed E-state index contributed by atoms with van der Waals surface area (Å²) in [5.41, 5.74) is 0.273. The fourth-order valence-corrected chi connectivity index (χ4v) is 3.56. The van der Waals surface area contributed by atoms with Crippen LogP contribution in [-0.4, -0.2) is 32.7 Å². The normalized spacial score (nSPS) is 11.6. The lowest BCUT2D eigenvalue weighted by Crippen LogP contribution is -2.23. The van der Waals surface area contributed by atoms with E-state index < -0.39 is 21.7 Å². The first-order chi connectivity index (χ1) is 11.1. The van der Waals surface area contributed by atoms with E-state index in [0.717, 1.165) is 10.4 Å². The van der Waals surface area contributed by atoms with Crippen molar-refractivity contribution in [1.82, 2.24) is 4.31 Å². The van der Waals surface area contributed by atoms with Crippen LogP contribution >= 0.6 is 23.2 Å². The molecule has 24 heavy (non-hydrogen) atoms. The van der Waals surface area contributed by atoms with Crippen LogP contribution in [0.1, 0.15) is 10.4 Å². The predicted molar refractivity (Wildman–Crippen MR) is 91.7 cm³/mol. The fraction of sp³-hybridized carbons (Fsp3) is 0.133. The molecule has 9 heteroatoms. The molecule has 0 saturated heterocycles. The minimum absolute atomic E-state index is 0.00248. The number of benzene rings is 2. The molecule has 0 aliphatic heterocycles. The number of carbonyl (C=O) groups excluding carboxylic acids is 1. The molecule has 0 heterocycles. The van der Waals surface area contributed by atoms with Gasteiger partial charge >= 0.3 is 0 Å². The van der Waals surface area contributed by atoms with Crippen molar-refractivity contribution < 1.29 is 17.6 Å². The van der Waals surface area contributed by atoms with Crippen molar-refractivity contribution in [3.05, 3.63) is 57.8 Å². The van der Waals surface area contributed by atoms with Crippen molar-refractivity contribution in [1.29, 1.82) is 0 Å². The summed E-state index contributed by atoms with van der Waals surface area (Å²) in [6.45, 7) is 0. The maximum absolute atomic E-state index is 12.9. The summed E-state index contributed by atoms with van der Waals surface area (Å²) in [7, 11) is -1.15. The van der Waals surface area contributed by atoms with Gasteiger partial charge in [0.2, 0.25) is 10.0 Å². The monoisotopic (exact) mass is 390 g/mol. The second-order valence-electron chi connectivity index (χ2n) is 5.01. The number of nitrogens with zero attached hydrogens (tertiary/aromatic N) is 1. The van der Waals surface area contributed by atoms with E-state index in [1.807, 2.05) is 0 Å². The van der Waals surface area contributed by atoms with E-state index in [1.165, 1.54) is 44.4 Å². The van der Waals surface area contributed by atoms with Crippen LogP contribution in [0.25, 0.3) is 0 Å². The quantitative estimate of drug-likeness (QED) is 0.866. The molecule has 0 unspecified atom stereocenters. The summed E-state index contributed by atoms with van der Waals surface area (Å²) in [5, 5.41) is 2.42. The van der Waals surface area contributed by atoms with Crippen LogP contribution in [0.2, 0.25) is 10.0 Å². The lowest BCUT2D eigenvalue weighted by atomic mass is 10.2. The van der Waals surface area contributed by atoms with Gasteiger partial charge in [0.15, 0.2) is 0 Å². The van der Waals surface area contributed by atoms with E-state index in [4.69, 9.17) is 23.2 Å². The third kappa shape index (κ3) is 3.87. The predicted octanol–water partition coefficient (Wildman–Crippen LogP) is 3.64. The summed E-state index contributed by atoms with van der Waals surface area (Å²) in [4.78, 5) is 12.1. The Morgan fingerprint density at radius 3 is 2.21 bits per heavy atom. The Bertz CT molecular complexity index is 884. The van der Waals surface area contributed by atoms with Gasteiger partial charge in [-0.25, -0.2) is 17.1 Å². The van der Waals surface area contributed by atoms with Crippen molar-refractivity contribution in [2.45, 2.75) is 4.90 Å². The molecule has 0 aliphatic rings. The van der Waals surface area contributed by atoms with E-state index in [1.54, 1.807) is 0 Å². The van der Waals surface area contributed by atoms with Gasteiger partial charge in [-0.1, -0.05) is 23.2 Å². The number of amides is 1. The van der Waals surface area contributed by atoms with Crippen LogP contribution in [0.3, 0.4) is 0 Å². The number of halogens is 3. The average Bonchev–Trinajstić information content (AvgIpc) is 2.49. The molecular formula is C15H13Cl2FN2O3S. The molecule has 0 fully saturated rings. The molecule has 0 radical (unpaired) electrons. The van der Waals surface area contributed by atoms with Crippen LogP contribution in [-0.2, 0) is 10.0 Å². The van der Waals surface area contributed by atoms with Gasteiger partial charge in [0.25, 0.3) is 5.91 Å². The van der Waals surface area contributed by atoms with Crippen LogP contribution in [0.15, 0.2) is 41.3 Å². The highest BCUT2D eigenvalue weighted by molar-refractivity contribution is 7.89. The van der Waals surface area contributed by atoms with Gasteiger partial charge in [0.1, 0.15) is 10.7 Å². The van der Waals surface area contributed by atoms with Crippen molar-refractivity contribution in [2.75, 3.05) is 19.4 Å². The number of carbonyl (C=O) groups is 1. The van der Waals surface area contributed by atoms with E-state index in [2.05, 4.69) is 5.32 Å². The molecule has 0 aromatic heterocycles. The number of anilines is 1. The summed E-state index contributed by atoms with van der Waals surface area (Å²) in [5.74, 6) is -1.09. The first-order valence-electron chi connectivity index (χ1n) is 6.61. The Hall–Kier alpha value is -1.67. The first kappa shape index (κ1) is 18.7. The molecule has 2 aromatic rings. The smallest absolute Gasteiger partial charge is 0.257 e. The molecule has 0 saturated carbocycles. The highest BCUT2D eigenvalue weighted by Crippen LogP contribution is 2.30. The molecule has 0 bridgehead atoms. The number of hydrogen-bond acceptors (Lipinski definition) is 3. The Kier molecular flexibility index (Phi) is 5.49. The van der Waals surface area contributed by atoms with E-state index in [-0.39, 0.29) is 20.5 Å². The molecule has 5 nitrogen and oxygen atoms in total. The first-order valence-corrected chi connectivity index (χ1v) is 8.81. The van der Waals surface area contributed by atoms with Crippen molar-refractivity contribution >= 4 is 44.8 Å². The topological polar surface area (TPSA) is 66.5 Å². The van der Waals surface area contributed by atoms with E-state index in [9.17, 15) is 17.6 Å². The zero-order chi connectivity index (χ0) is 18.1. The van der Waals surface area contributed by atoms with Crippen LogP contribution < -0.4 is 5.32 Å². The Morgan fingerprint density at radius 1 is 1.08 bits per heavy atom. The molecule has 128 valence electrons. The number of hydrogen-bond donors (Lipinski definition) is 1. The SMILES string of the molecule is CN(C)S(=O)(=O)c1cc(C(=O)Nc2ccc(F)cc2)c(Cl)cc1Cl. The zero-order valence-electron chi connectivity index (χ0n) is 12.7. The standard InChI is InChI=1S/C15H13Cl2FN2O3S/c1-20(2)24(22,23)14-7-11(12(16)8-13(14)17)15(21)19-10-5-3-9(18)4-6-10/h3-8H,1-2H3,(H,19,21). The fourth-order valence-electron chi connectivity index (χ4n) is 1.83. The maximum Gasteiger partial charge on any atom is 0.257 e. The van der Waals surface area contributed by atoms with Crippen molar-refractivity contribution in [3.8, 4) is 0 Å². The number of rotatable bonds is 4. The molecule has 0 aliphatic carbocycles. The van der Waals surface area contributed by atoms with Crippen molar-refractivity contribution in [2.24, 2.45) is 0 Å². The second kappa shape index (κ2) is 7.06. The average molecular weight is 391 g/mol. The molecule has 1 N–H and O–H groups in total. The minimum Gasteiger partial charge on any atom is -0.322 e. The van der Waals surface area contributed by atoms with Gasteiger partial charge < -0.3 is 5.32 Å². The van der Waals surface area contributed by atoms with Gasteiger partial charge in [-0.15, -0.1) is 0 Å². The number of sulfonamides is 1. The summed E-state index contributed by atoms with van der Waals surface area (Å²) >= 11 is 12.0. The summed E-state index contributed by atoms with van der Waals surface area (Å²) in [6.07, 6.45) is 0. The second-order valence-corrected chi connectivity index (χ2v) is 7.95. The highest BCUT2D eigenvalue weighted by Gasteiger charge is 2.24. The van der Waals surface area contributed by atoms with Crippen LogP contribution in [0, 0.1) is 5.82 Å². The van der Waals surface area contributed by atoms with E-state index >= 15 is 0 Å². The number of nitrogens with one attached hydrogen (secondary N) is 1. The lowest BCUT2D eigenvalue weighted by Gasteiger charge is -2.15. The molecule has 1 amide bonds. The van der Waals surface area contributed by atoms with Crippen LogP contribution in [0.5, 0.6) is 0 Å². The molecule has 0 atom stereocenters. The third-order valence-corrected chi connectivity index (χ3v) is 5.72.